The fourth-order valence-electron chi connectivity index (χ4n) is 3.70. The number of carbonyl (C=O) groups excluding carboxylic acids is 2. The quantitative estimate of drug-likeness (QED) is 0.351. The Bertz CT molecular complexity index is 1220. The number of Topliss-reactive ketones (excluding diaryl/α,β-unsaturated/α-hetero) is 1. The van der Waals surface area contributed by atoms with E-state index >= 15 is 0 Å². The molecule has 1 aliphatic rings. The van der Waals surface area contributed by atoms with Gasteiger partial charge in [-0.1, -0.05) is 12.1 Å². The molecule has 3 heterocycles. The van der Waals surface area contributed by atoms with Crippen molar-refractivity contribution in [1.82, 2.24) is 0 Å². The second-order valence-corrected chi connectivity index (χ2v) is 7.91. The Labute approximate surface area is 175 Å². The summed E-state index contributed by atoms with van der Waals surface area (Å²) < 4.78 is 5.59. The van der Waals surface area contributed by atoms with Gasteiger partial charge in [0.1, 0.15) is 10.6 Å². The number of furan rings is 1. The molecule has 4 rings (SSSR count). The van der Waals surface area contributed by atoms with E-state index in [1.54, 1.807) is 19.1 Å². The number of fused-ring (bicyclic) bond motifs is 1. The van der Waals surface area contributed by atoms with E-state index in [9.17, 15) is 19.7 Å². The number of anilines is 2. The van der Waals surface area contributed by atoms with E-state index in [0.717, 1.165) is 11.3 Å². The third-order valence-electron chi connectivity index (χ3n) is 5.00. The highest BCUT2D eigenvalue weighted by molar-refractivity contribution is 7.19. The maximum absolute atomic E-state index is 13.1. The molecule has 9 heteroatoms. The van der Waals surface area contributed by atoms with Gasteiger partial charge in [0.05, 0.1) is 27.8 Å². The van der Waals surface area contributed by atoms with Crippen molar-refractivity contribution < 1.29 is 18.9 Å². The lowest BCUT2D eigenvalue weighted by molar-refractivity contribution is -0.384. The van der Waals surface area contributed by atoms with Gasteiger partial charge in [-0.25, -0.2) is 0 Å². The van der Waals surface area contributed by atoms with Crippen LogP contribution >= 0.6 is 11.3 Å². The topological polar surface area (TPSA) is 128 Å². The molecule has 30 heavy (non-hydrogen) atoms. The van der Waals surface area contributed by atoms with Crippen LogP contribution in [0, 0.1) is 10.1 Å². The fraction of sp³-hybridized carbons (Fsp3) is 0.143. The molecule has 152 valence electrons. The minimum absolute atomic E-state index is 0.135. The summed E-state index contributed by atoms with van der Waals surface area (Å²) in [6.07, 6.45) is 1.52. The first kappa shape index (κ1) is 19.6. The number of nitro groups is 1. The van der Waals surface area contributed by atoms with Crippen molar-refractivity contribution in [3.8, 4) is 0 Å². The number of ketones is 2. The SMILES string of the molecule is CC(=O)C1=C(C)Nc2sc(C(=O)c3cccc([N+](=O)[O-])c3)c(N)c2[C@H]1c1ccco1. The number of non-ortho nitro benzene ring substituents is 1. The Morgan fingerprint density at radius 3 is 2.67 bits per heavy atom. The summed E-state index contributed by atoms with van der Waals surface area (Å²) in [5.74, 6) is -0.556. The number of allylic oxidation sites excluding steroid dienone is 2. The first-order valence-electron chi connectivity index (χ1n) is 9.03. The molecule has 0 unspecified atom stereocenters. The van der Waals surface area contributed by atoms with Gasteiger partial charge >= 0.3 is 0 Å². The lowest BCUT2D eigenvalue weighted by atomic mass is 9.83. The normalized spacial score (nSPS) is 15.5. The van der Waals surface area contributed by atoms with Crippen LogP contribution in [-0.2, 0) is 4.79 Å². The molecule has 2 aromatic heterocycles. The molecule has 1 aliphatic heterocycles. The summed E-state index contributed by atoms with van der Waals surface area (Å²) in [6.45, 7) is 3.26. The number of hydrogen-bond donors (Lipinski definition) is 2. The number of carbonyl (C=O) groups is 2. The molecule has 1 aromatic carbocycles. The zero-order chi connectivity index (χ0) is 21.6. The molecule has 0 bridgehead atoms. The summed E-state index contributed by atoms with van der Waals surface area (Å²) in [5, 5.41) is 14.9. The molecule has 0 fully saturated rings. The van der Waals surface area contributed by atoms with Gasteiger partial charge in [0.25, 0.3) is 5.69 Å². The van der Waals surface area contributed by atoms with Crippen LogP contribution in [0.25, 0.3) is 0 Å². The molecule has 0 saturated carbocycles. The van der Waals surface area contributed by atoms with Crippen LogP contribution in [-0.4, -0.2) is 16.5 Å². The second-order valence-electron chi connectivity index (χ2n) is 6.89. The van der Waals surface area contributed by atoms with Crippen LogP contribution in [0.15, 0.2) is 58.3 Å². The molecule has 0 radical (unpaired) electrons. The summed E-state index contributed by atoms with van der Waals surface area (Å²) in [7, 11) is 0. The van der Waals surface area contributed by atoms with E-state index in [1.807, 2.05) is 0 Å². The lowest BCUT2D eigenvalue weighted by Gasteiger charge is -2.26. The van der Waals surface area contributed by atoms with Crippen molar-refractivity contribution in [2.75, 3.05) is 11.1 Å². The minimum Gasteiger partial charge on any atom is -0.468 e. The molecule has 0 amide bonds. The third kappa shape index (κ3) is 3.09. The fourth-order valence-corrected chi connectivity index (χ4v) is 4.88. The van der Waals surface area contributed by atoms with Crippen LogP contribution in [0.1, 0.15) is 46.3 Å². The number of hydrogen-bond acceptors (Lipinski definition) is 8. The number of nitrogens with zero attached hydrogens (tertiary/aromatic N) is 1. The van der Waals surface area contributed by atoms with Crippen molar-refractivity contribution >= 4 is 39.3 Å². The molecule has 0 saturated heterocycles. The highest BCUT2D eigenvalue weighted by Gasteiger charge is 2.37. The van der Waals surface area contributed by atoms with Gasteiger partial charge in [0, 0.05) is 34.5 Å². The number of nitrogen functional groups attached to an aromatic ring is 1. The van der Waals surface area contributed by atoms with Crippen LogP contribution in [0.3, 0.4) is 0 Å². The minimum atomic E-state index is -0.555. The van der Waals surface area contributed by atoms with Gasteiger partial charge in [0.2, 0.25) is 5.78 Å². The summed E-state index contributed by atoms with van der Waals surface area (Å²) in [6, 6.07) is 8.99. The van der Waals surface area contributed by atoms with Crippen molar-refractivity contribution in [1.29, 1.82) is 0 Å². The molecule has 3 N–H and O–H groups in total. The Balaban J connectivity index is 1.85. The predicted molar refractivity (Wildman–Crippen MR) is 113 cm³/mol. The van der Waals surface area contributed by atoms with Crippen molar-refractivity contribution in [2.45, 2.75) is 19.8 Å². The van der Waals surface area contributed by atoms with E-state index in [4.69, 9.17) is 10.2 Å². The predicted octanol–water partition coefficient (Wildman–Crippen LogP) is 4.48. The van der Waals surface area contributed by atoms with Crippen molar-refractivity contribution in [2.24, 2.45) is 0 Å². The van der Waals surface area contributed by atoms with Crippen LogP contribution < -0.4 is 11.1 Å². The third-order valence-corrected chi connectivity index (χ3v) is 6.13. The Morgan fingerprint density at radius 1 is 1.27 bits per heavy atom. The van der Waals surface area contributed by atoms with E-state index < -0.39 is 16.6 Å². The molecule has 3 aromatic rings. The number of nitrogens with two attached hydrogens (primary N) is 1. The molecular formula is C21H17N3O5S. The van der Waals surface area contributed by atoms with Gasteiger partial charge in [-0.3, -0.25) is 19.7 Å². The standard InChI is InChI=1S/C21H17N3O5S/c1-10-15(11(2)25)16(14-7-4-8-29-14)17-18(22)20(30-21(17)23-10)19(26)12-5-3-6-13(9-12)24(27)28/h3-9,16,23H,22H2,1-2H3/t16-/m0/s1. The summed E-state index contributed by atoms with van der Waals surface area (Å²) in [4.78, 5) is 36.3. The molecule has 1 atom stereocenters. The van der Waals surface area contributed by atoms with Crippen molar-refractivity contribution in [3.63, 3.8) is 0 Å². The monoisotopic (exact) mass is 423 g/mol. The largest absolute Gasteiger partial charge is 0.468 e. The first-order valence-corrected chi connectivity index (χ1v) is 9.84. The van der Waals surface area contributed by atoms with Crippen molar-refractivity contribution in [3.05, 3.63) is 85.8 Å². The average Bonchev–Trinajstić information content (AvgIpc) is 3.34. The first-order chi connectivity index (χ1) is 14.3. The Morgan fingerprint density at radius 2 is 2.03 bits per heavy atom. The summed E-state index contributed by atoms with van der Waals surface area (Å²) in [5.41, 5.74) is 8.39. The van der Waals surface area contributed by atoms with Gasteiger partial charge in [-0.05, 0) is 26.0 Å². The number of nitrogens with one attached hydrogen (secondary N) is 1. The van der Waals surface area contributed by atoms with Gasteiger partial charge in [-0.15, -0.1) is 11.3 Å². The highest BCUT2D eigenvalue weighted by Crippen LogP contribution is 2.50. The number of thiophene rings is 1. The molecule has 8 nitrogen and oxygen atoms in total. The zero-order valence-corrected chi connectivity index (χ0v) is 16.9. The maximum Gasteiger partial charge on any atom is 0.270 e. The van der Waals surface area contributed by atoms with Crippen LogP contribution in [0.2, 0.25) is 0 Å². The van der Waals surface area contributed by atoms with Crippen LogP contribution in [0.4, 0.5) is 16.4 Å². The van der Waals surface area contributed by atoms with Gasteiger partial charge < -0.3 is 15.5 Å². The lowest BCUT2D eigenvalue weighted by Crippen LogP contribution is -2.21. The zero-order valence-electron chi connectivity index (χ0n) is 16.1. The van der Waals surface area contributed by atoms with Gasteiger partial charge in [0.15, 0.2) is 5.78 Å². The van der Waals surface area contributed by atoms with Crippen LogP contribution in [0.5, 0.6) is 0 Å². The maximum atomic E-state index is 13.1. The molecule has 0 aliphatic carbocycles. The van der Waals surface area contributed by atoms with Gasteiger partial charge in [-0.2, -0.15) is 0 Å². The van der Waals surface area contributed by atoms with E-state index in [-0.39, 0.29) is 27.6 Å². The molecule has 0 spiro atoms. The number of nitro benzene ring substituents is 1. The smallest absolute Gasteiger partial charge is 0.270 e. The van der Waals surface area contributed by atoms with E-state index in [2.05, 4.69) is 5.32 Å². The Hall–Kier alpha value is -3.72. The Kier molecular flexibility index (Phi) is 4.75. The number of rotatable bonds is 5. The second kappa shape index (κ2) is 7.27. The average molecular weight is 423 g/mol. The summed E-state index contributed by atoms with van der Waals surface area (Å²) >= 11 is 1.16. The molecular weight excluding hydrogens is 406 g/mol. The number of benzene rings is 1. The highest BCUT2D eigenvalue weighted by atomic mass is 32.1. The van der Waals surface area contributed by atoms with E-state index in [1.165, 1.54) is 37.5 Å². The van der Waals surface area contributed by atoms with E-state index in [0.29, 0.717) is 27.6 Å².